The van der Waals surface area contributed by atoms with Gasteiger partial charge in [-0.05, 0) is 43.4 Å². The van der Waals surface area contributed by atoms with Crippen LogP contribution in [0, 0.1) is 18.6 Å². The van der Waals surface area contributed by atoms with E-state index in [-0.39, 0.29) is 5.56 Å². The van der Waals surface area contributed by atoms with Crippen molar-refractivity contribution in [3.05, 3.63) is 95.6 Å². The highest BCUT2D eigenvalue weighted by Crippen LogP contribution is 2.31. The summed E-state index contributed by atoms with van der Waals surface area (Å²) in [6, 6.07) is 18.4. The Balaban J connectivity index is 1.89. The molecule has 0 heterocycles. The van der Waals surface area contributed by atoms with E-state index in [9.17, 15) is 8.78 Å². The smallest absolute Gasteiger partial charge is 0.167 e. The fourth-order valence-electron chi connectivity index (χ4n) is 3.00. The summed E-state index contributed by atoms with van der Waals surface area (Å²) in [5, 5.41) is 0. The SMILES string of the molecule is C/C=C/CCc1ccc(-c2ccc(-c3ccc(C)cc3)c(F)c2F)cc1. The van der Waals surface area contributed by atoms with Crippen molar-refractivity contribution < 1.29 is 8.78 Å². The summed E-state index contributed by atoms with van der Waals surface area (Å²) in [4.78, 5) is 0. The van der Waals surface area contributed by atoms with Gasteiger partial charge in [-0.25, -0.2) is 8.78 Å². The number of hydrogen-bond donors (Lipinski definition) is 0. The van der Waals surface area contributed by atoms with Crippen LogP contribution in [0.25, 0.3) is 22.3 Å². The Morgan fingerprint density at radius 2 is 1.23 bits per heavy atom. The van der Waals surface area contributed by atoms with Crippen LogP contribution in [0.4, 0.5) is 8.78 Å². The van der Waals surface area contributed by atoms with Crippen LogP contribution in [0.15, 0.2) is 72.8 Å². The molecule has 0 aliphatic carbocycles. The van der Waals surface area contributed by atoms with Gasteiger partial charge >= 0.3 is 0 Å². The van der Waals surface area contributed by atoms with Crippen LogP contribution in [0.2, 0.25) is 0 Å². The van der Waals surface area contributed by atoms with Crippen LogP contribution >= 0.6 is 0 Å². The van der Waals surface area contributed by atoms with Crippen LogP contribution in [-0.4, -0.2) is 0 Å². The lowest BCUT2D eigenvalue weighted by Gasteiger charge is -2.10. The second kappa shape index (κ2) is 8.09. The van der Waals surface area contributed by atoms with E-state index in [1.54, 1.807) is 12.1 Å². The minimum atomic E-state index is -0.802. The molecule has 0 amide bonds. The second-order valence-corrected chi connectivity index (χ2v) is 6.46. The van der Waals surface area contributed by atoms with Crippen LogP contribution in [0.3, 0.4) is 0 Å². The normalized spacial score (nSPS) is 11.2. The summed E-state index contributed by atoms with van der Waals surface area (Å²) in [6.07, 6.45) is 6.06. The lowest BCUT2D eigenvalue weighted by molar-refractivity contribution is 0.514. The van der Waals surface area contributed by atoms with Gasteiger partial charge in [0.15, 0.2) is 11.6 Å². The van der Waals surface area contributed by atoms with Crippen LogP contribution < -0.4 is 0 Å². The van der Waals surface area contributed by atoms with Gasteiger partial charge in [-0.2, -0.15) is 0 Å². The number of halogens is 2. The molecule has 132 valence electrons. The third kappa shape index (κ3) is 3.91. The number of benzene rings is 3. The van der Waals surface area contributed by atoms with Crippen molar-refractivity contribution in [2.75, 3.05) is 0 Å². The standard InChI is InChI=1S/C24H22F2/c1-3-4-5-6-18-9-13-20(14-10-18)22-16-15-21(23(25)24(22)26)19-11-7-17(2)8-12-19/h3-4,7-16H,5-6H2,1-2H3/b4-3+. The third-order valence-electron chi connectivity index (χ3n) is 4.55. The largest absolute Gasteiger partial charge is 0.203 e. The molecule has 0 aliphatic heterocycles. The topological polar surface area (TPSA) is 0 Å². The molecule has 0 bridgehead atoms. The van der Waals surface area contributed by atoms with Crippen molar-refractivity contribution in [3.63, 3.8) is 0 Å². The van der Waals surface area contributed by atoms with Crippen molar-refractivity contribution in [2.45, 2.75) is 26.7 Å². The first kappa shape index (κ1) is 18.1. The molecule has 0 spiro atoms. The Hall–Kier alpha value is -2.74. The first-order valence-electron chi connectivity index (χ1n) is 8.85. The Morgan fingerprint density at radius 1 is 0.731 bits per heavy atom. The molecule has 0 radical (unpaired) electrons. The summed E-state index contributed by atoms with van der Waals surface area (Å²) in [5.41, 5.74) is 4.21. The van der Waals surface area contributed by atoms with Gasteiger partial charge in [0, 0.05) is 11.1 Å². The third-order valence-corrected chi connectivity index (χ3v) is 4.55. The Morgan fingerprint density at radius 3 is 1.73 bits per heavy atom. The van der Waals surface area contributed by atoms with E-state index in [0.29, 0.717) is 16.7 Å². The van der Waals surface area contributed by atoms with E-state index < -0.39 is 11.6 Å². The molecule has 0 unspecified atom stereocenters. The fraction of sp³-hybridized carbons (Fsp3) is 0.167. The van der Waals surface area contributed by atoms with Crippen molar-refractivity contribution in [1.82, 2.24) is 0 Å². The molecule has 0 saturated heterocycles. The molecule has 0 atom stereocenters. The Bertz CT molecular complexity index is 904. The molecule has 0 nitrogen and oxygen atoms in total. The monoisotopic (exact) mass is 348 g/mol. The molecule has 0 aromatic heterocycles. The molecular weight excluding hydrogens is 326 g/mol. The quantitative estimate of drug-likeness (QED) is 0.431. The second-order valence-electron chi connectivity index (χ2n) is 6.46. The van der Waals surface area contributed by atoms with Crippen molar-refractivity contribution in [2.24, 2.45) is 0 Å². The minimum absolute atomic E-state index is 0.286. The van der Waals surface area contributed by atoms with Gasteiger partial charge in [-0.1, -0.05) is 78.4 Å². The first-order valence-corrected chi connectivity index (χ1v) is 8.85. The molecular formula is C24H22F2. The molecule has 0 fully saturated rings. The molecule has 0 N–H and O–H groups in total. The van der Waals surface area contributed by atoms with E-state index in [1.807, 2.05) is 68.5 Å². The van der Waals surface area contributed by atoms with E-state index in [1.165, 1.54) is 5.56 Å². The van der Waals surface area contributed by atoms with Gasteiger partial charge in [0.05, 0.1) is 0 Å². The molecule has 2 heteroatoms. The van der Waals surface area contributed by atoms with E-state index >= 15 is 0 Å². The molecule has 3 aromatic rings. The average molecular weight is 348 g/mol. The molecule has 3 rings (SSSR count). The highest BCUT2D eigenvalue weighted by atomic mass is 19.2. The zero-order valence-corrected chi connectivity index (χ0v) is 15.1. The van der Waals surface area contributed by atoms with E-state index in [0.717, 1.165) is 18.4 Å². The van der Waals surface area contributed by atoms with Gasteiger partial charge in [0.1, 0.15) is 0 Å². The number of hydrogen-bond acceptors (Lipinski definition) is 0. The predicted octanol–water partition coefficient (Wildman–Crippen LogP) is 7.12. The van der Waals surface area contributed by atoms with Gasteiger partial charge in [-0.3, -0.25) is 0 Å². The number of allylic oxidation sites excluding steroid dienone is 2. The molecule has 3 aromatic carbocycles. The highest BCUT2D eigenvalue weighted by Gasteiger charge is 2.15. The first-order chi connectivity index (χ1) is 12.6. The van der Waals surface area contributed by atoms with Gasteiger partial charge in [0.25, 0.3) is 0 Å². The van der Waals surface area contributed by atoms with Gasteiger partial charge in [-0.15, -0.1) is 0 Å². The van der Waals surface area contributed by atoms with Crippen LogP contribution in [-0.2, 0) is 6.42 Å². The lowest BCUT2D eigenvalue weighted by Crippen LogP contribution is -1.94. The van der Waals surface area contributed by atoms with Crippen molar-refractivity contribution >= 4 is 0 Å². The maximum atomic E-state index is 14.7. The summed E-state index contributed by atoms with van der Waals surface area (Å²) >= 11 is 0. The summed E-state index contributed by atoms with van der Waals surface area (Å²) in [5.74, 6) is -1.60. The summed E-state index contributed by atoms with van der Waals surface area (Å²) in [6.45, 7) is 3.96. The molecule has 0 aliphatic rings. The number of aryl methyl sites for hydroxylation is 2. The van der Waals surface area contributed by atoms with Gasteiger partial charge in [0.2, 0.25) is 0 Å². The van der Waals surface area contributed by atoms with Gasteiger partial charge < -0.3 is 0 Å². The summed E-state index contributed by atoms with van der Waals surface area (Å²) < 4.78 is 29.3. The number of rotatable bonds is 5. The maximum Gasteiger partial charge on any atom is 0.167 e. The highest BCUT2D eigenvalue weighted by molar-refractivity contribution is 5.72. The van der Waals surface area contributed by atoms with E-state index in [2.05, 4.69) is 6.08 Å². The average Bonchev–Trinajstić information content (AvgIpc) is 2.66. The fourth-order valence-corrected chi connectivity index (χ4v) is 3.00. The molecule has 0 saturated carbocycles. The molecule has 26 heavy (non-hydrogen) atoms. The van der Waals surface area contributed by atoms with E-state index in [4.69, 9.17) is 0 Å². The predicted molar refractivity (Wildman–Crippen MR) is 105 cm³/mol. The lowest BCUT2D eigenvalue weighted by atomic mass is 9.97. The van der Waals surface area contributed by atoms with Crippen molar-refractivity contribution in [3.8, 4) is 22.3 Å². The Labute approximate surface area is 153 Å². The van der Waals surface area contributed by atoms with Crippen molar-refractivity contribution in [1.29, 1.82) is 0 Å². The maximum absolute atomic E-state index is 14.7. The zero-order chi connectivity index (χ0) is 18.5. The minimum Gasteiger partial charge on any atom is -0.203 e. The van der Waals surface area contributed by atoms with Crippen LogP contribution in [0.5, 0.6) is 0 Å². The zero-order valence-electron chi connectivity index (χ0n) is 15.1. The van der Waals surface area contributed by atoms with Crippen LogP contribution in [0.1, 0.15) is 24.5 Å². The Kier molecular flexibility index (Phi) is 5.62. The summed E-state index contributed by atoms with van der Waals surface area (Å²) in [7, 11) is 0.